The van der Waals surface area contributed by atoms with E-state index in [1.165, 1.54) is 6.33 Å². The number of imidazole rings is 1. The zero-order valence-electron chi connectivity index (χ0n) is 27.8. The highest BCUT2D eigenvalue weighted by molar-refractivity contribution is 5.92. The van der Waals surface area contributed by atoms with Crippen molar-refractivity contribution in [2.45, 2.75) is 70.0 Å². The Morgan fingerprint density at radius 2 is 1.56 bits per heavy atom. The monoisotopic (exact) mass is 653 g/mol. The van der Waals surface area contributed by atoms with Crippen molar-refractivity contribution in [3.8, 4) is 5.75 Å². The van der Waals surface area contributed by atoms with Gasteiger partial charge >= 0.3 is 0 Å². The van der Waals surface area contributed by atoms with Gasteiger partial charge in [-0.15, -0.1) is 0 Å². The lowest BCUT2D eigenvalue weighted by Crippen LogP contribution is -2.57. The van der Waals surface area contributed by atoms with Gasteiger partial charge < -0.3 is 30.9 Å². The van der Waals surface area contributed by atoms with E-state index in [0.717, 1.165) is 36.2 Å². The topological polar surface area (TPSA) is 152 Å². The molecule has 2 aromatic heterocycles. The number of nitrogens with one attached hydrogen (secondary N) is 4. The molecule has 0 bridgehead atoms. The maximum atomic E-state index is 14.1. The summed E-state index contributed by atoms with van der Waals surface area (Å²) < 4.78 is 0. The Balaban J connectivity index is 1.52. The van der Waals surface area contributed by atoms with Gasteiger partial charge in [0.05, 0.1) is 6.33 Å². The first-order valence-corrected chi connectivity index (χ1v) is 16.6. The molecule has 254 valence electrons. The summed E-state index contributed by atoms with van der Waals surface area (Å²) in [5, 5.41) is 18.9. The fraction of sp³-hybridized carbons (Fsp3) is 0.378. The van der Waals surface area contributed by atoms with Crippen LogP contribution in [0.2, 0.25) is 0 Å². The number of benzene rings is 2. The third-order valence-corrected chi connectivity index (χ3v) is 8.08. The van der Waals surface area contributed by atoms with E-state index >= 15 is 0 Å². The molecule has 0 spiro atoms. The highest BCUT2D eigenvalue weighted by Crippen LogP contribution is 2.13. The molecule has 11 heteroatoms. The Morgan fingerprint density at radius 3 is 2.25 bits per heavy atom. The largest absolute Gasteiger partial charge is 0.508 e. The predicted octanol–water partition coefficient (Wildman–Crippen LogP) is 3.36. The van der Waals surface area contributed by atoms with Gasteiger partial charge in [-0.3, -0.25) is 19.4 Å². The van der Waals surface area contributed by atoms with Gasteiger partial charge in [0, 0.05) is 68.6 Å². The molecule has 4 rings (SSSR count). The number of amides is 3. The number of phenols is 1. The maximum Gasteiger partial charge on any atom is 0.243 e. The molecule has 3 amide bonds. The van der Waals surface area contributed by atoms with Crippen molar-refractivity contribution in [3.63, 3.8) is 0 Å². The number of H-pyrrole nitrogens is 1. The molecule has 2 heterocycles. The number of aromatic hydroxyl groups is 1. The van der Waals surface area contributed by atoms with Crippen LogP contribution in [0.25, 0.3) is 0 Å². The van der Waals surface area contributed by atoms with Crippen molar-refractivity contribution in [2.24, 2.45) is 0 Å². The van der Waals surface area contributed by atoms with Gasteiger partial charge in [-0.1, -0.05) is 61.9 Å². The number of phenolic OH excluding ortho intramolecular Hbond substituents is 1. The summed E-state index contributed by atoms with van der Waals surface area (Å²) in [4.78, 5) is 54.3. The molecule has 4 aromatic rings. The number of rotatable bonds is 19. The minimum atomic E-state index is -0.905. The normalized spacial score (nSPS) is 13.0. The van der Waals surface area contributed by atoms with Gasteiger partial charge in [0.25, 0.3) is 0 Å². The Morgan fingerprint density at radius 1 is 0.854 bits per heavy atom. The molecule has 0 fully saturated rings. The Kier molecular flexibility index (Phi) is 14.1. The number of carbonyl (C=O) groups is 3. The predicted molar refractivity (Wildman–Crippen MR) is 185 cm³/mol. The van der Waals surface area contributed by atoms with Crippen LogP contribution < -0.4 is 16.0 Å². The van der Waals surface area contributed by atoms with Gasteiger partial charge in [-0.05, 0) is 55.3 Å². The molecule has 0 aliphatic carbocycles. The van der Waals surface area contributed by atoms with E-state index in [-0.39, 0.29) is 36.4 Å². The number of aromatic amines is 1. The summed E-state index contributed by atoms with van der Waals surface area (Å²) in [5.74, 6) is -0.827. The summed E-state index contributed by atoms with van der Waals surface area (Å²) in [6.45, 7) is 3.28. The molecule has 3 atom stereocenters. The molecular weight excluding hydrogens is 606 g/mol. The molecule has 0 aliphatic heterocycles. The fourth-order valence-corrected chi connectivity index (χ4v) is 5.46. The van der Waals surface area contributed by atoms with Crippen LogP contribution in [0.5, 0.6) is 5.75 Å². The first-order valence-electron chi connectivity index (χ1n) is 16.6. The minimum Gasteiger partial charge on any atom is -0.508 e. The van der Waals surface area contributed by atoms with E-state index in [9.17, 15) is 19.5 Å². The van der Waals surface area contributed by atoms with Gasteiger partial charge in [-0.2, -0.15) is 0 Å². The van der Waals surface area contributed by atoms with Crippen molar-refractivity contribution in [1.29, 1.82) is 0 Å². The summed E-state index contributed by atoms with van der Waals surface area (Å²) in [6.07, 6.45) is 8.53. The van der Waals surface area contributed by atoms with Crippen LogP contribution >= 0.6 is 0 Å². The van der Waals surface area contributed by atoms with E-state index in [1.54, 1.807) is 24.5 Å². The molecule has 0 saturated heterocycles. The second-order valence-electron chi connectivity index (χ2n) is 12.2. The first kappa shape index (κ1) is 35.8. The number of nitrogens with zero attached hydrogens (tertiary/aromatic N) is 3. The number of pyridine rings is 1. The van der Waals surface area contributed by atoms with Gasteiger partial charge in [-0.25, -0.2) is 4.98 Å². The van der Waals surface area contributed by atoms with Crippen LogP contribution in [0.1, 0.15) is 48.7 Å². The smallest absolute Gasteiger partial charge is 0.243 e. The van der Waals surface area contributed by atoms with E-state index in [2.05, 4.69) is 35.8 Å². The number of carbonyl (C=O) groups excluding carboxylic acids is 3. The Labute approximate surface area is 282 Å². The van der Waals surface area contributed by atoms with Crippen LogP contribution in [0.4, 0.5) is 0 Å². The summed E-state index contributed by atoms with van der Waals surface area (Å²) in [5.41, 5.74) is 3.52. The van der Waals surface area contributed by atoms with Crippen LogP contribution in [-0.2, 0) is 40.1 Å². The van der Waals surface area contributed by atoms with Crippen LogP contribution in [0.3, 0.4) is 0 Å². The van der Waals surface area contributed by atoms with Crippen LogP contribution in [0, 0.1) is 0 Å². The average Bonchev–Trinajstić information content (AvgIpc) is 3.61. The average molecular weight is 654 g/mol. The van der Waals surface area contributed by atoms with Crippen molar-refractivity contribution >= 4 is 17.7 Å². The van der Waals surface area contributed by atoms with Crippen molar-refractivity contribution in [3.05, 3.63) is 114 Å². The zero-order valence-corrected chi connectivity index (χ0v) is 27.8. The second-order valence-corrected chi connectivity index (χ2v) is 12.2. The molecule has 0 unspecified atom stereocenters. The molecule has 5 N–H and O–H groups in total. The SMILES string of the molecule is CCCCC(=O)N[C@@H](Cc1cnc[nH]1)C(=O)N[C@@H](Cc1ccccc1)C(=O)N[C@@H](Cc1ccc(O)cc1)CN(C)CCc1ccccn1. The third kappa shape index (κ3) is 12.3. The lowest BCUT2D eigenvalue weighted by molar-refractivity contribution is -0.132. The van der Waals surface area contributed by atoms with Crippen LogP contribution in [0.15, 0.2) is 91.5 Å². The highest BCUT2D eigenvalue weighted by Gasteiger charge is 2.29. The lowest BCUT2D eigenvalue weighted by atomic mass is 10.0. The fourth-order valence-electron chi connectivity index (χ4n) is 5.46. The highest BCUT2D eigenvalue weighted by atomic mass is 16.3. The van der Waals surface area contributed by atoms with Crippen molar-refractivity contribution in [1.82, 2.24) is 35.8 Å². The molecule has 48 heavy (non-hydrogen) atoms. The third-order valence-electron chi connectivity index (χ3n) is 8.08. The van der Waals surface area contributed by atoms with E-state index in [1.807, 2.05) is 74.6 Å². The van der Waals surface area contributed by atoms with Crippen molar-refractivity contribution < 1.29 is 19.5 Å². The number of likely N-dealkylation sites (N-methyl/N-ethyl adjacent to an activating group) is 1. The summed E-state index contributed by atoms with van der Waals surface area (Å²) in [6, 6.07) is 20.2. The number of hydrogen-bond acceptors (Lipinski definition) is 7. The minimum absolute atomic E-state index is 0.170. The lowest BCUT2D eigenvalue weighted by Gasteiger charge is -2.28. The Bertz CT molecular complexity index is 1530. The van der Waals surface area contributed by atoms with Crippen LogP contribution in [-0.4, -0.2) is 80.9 Å². The molecular formula is C37H47N7O4. The van der Waals surface area contributed by atoms with Gasteiger partial charge in [0.15, 0.2) is 0 Å². The molecule has 0 aliphatic rings. The summed E-state index contributed by atoms with van der Waals surface area (Å²) >= 11 is 0. The summed E-state index contributed by atoms with van der Waals surface area (Å²) in [7, 11) is 2.00. The van der Waals surface area contributed by atoms with E-state index < -0.39 is 18.0 Å². The standard InChI is InChI=1S/C37H47N7O4/c1-3-4-13-35(46)42-34(23-30-24-38-26-40-30)37(48)43-33(22-27-10-6-5-7-11-27)36(47)41-31(21-28-14-16-32(45)17-15-28)25-44(2)20-18-29-12-8-9-19-39-29/h5-12,14-17,19,24,26,31,33-34,45H,3-4,13,18,20-23,25H2,1-2H3,(H,38,40)(H,41,47)(H,42,46)(H,43,48)/t31-,33-,34-/m0/s1. The molecule has 11 nitrogen and oxygen atoms in total. The number of hydrogen-bond donors (Lipinski definition) is 5. The van der Waals surface area contributed by atoms with Gasteiger partial charge in [0.1, 0.15) is 17.8 Å². The van der Waals surface area contributed by atoms with Crippen molar-refractivity contribution in [2.75, 3.05) is 20.1 Å². The van der Waals surface area contributed by atoms with E-state index in [4.69, 9.17) is 0 Å². The molecule has 0 saturated carbocycles. The molecule has 0 radical (unpaired) electrons. The quantitative estimate of drug-likeness (QED) is 0.104. The number of unbranched alkanes of at least 4 members (excludes halogenated alkanes) is 1. The first-order chi connectivity index (χ1) is 23.3. The van der Waals surface area contributed by atoms with Gasteiger partial charge in [0.2, 0.25) is 17.7 Å². The van der Waals surface area contributed by atoms with E-state index in [0.29, 0.717) is 31.5 Å². The molecule has 2 aromatic carbocycles. The maximum absolute atomic E-state index is 14.1. The number of aromatic nitrogens is 3. The zero-order chi connectivity index (χ0) is 34.1. The second kappa shape index (κ2) is 19.0. The Hall–Kier alpha value is -5.03.